The fraction of sp³-hybridized carbons (Fsp3) is 0.263. The highest BCUT2D eigenvalue weighted by Crippen LogP contribution is 2.40. The Morgan fingerprint density at radius 3 is 2.12 bits per heavy atom. The quantitative estimate of drug-likeness (QED) is 0.726. The van der Waals surface area contributed by atoms with E-state index in [0.717, 1.165) is 11.1 Å². The second kappa shape index (κ2) is 7.45. The molecule has 0 aliphatic carbocycles. The second-order valence-corrected chi connectivity index (χ2v) is 5.68. The van der Waals surface area contributed by atoms with E-state index in [0.29, 0.717) is 28.6 Å². The molecule has 0 saturated carbocycles. The molecule has 136 valence electrons. The van der Waals surface area contributed by atoms with E-state index in [9.17, 15) is 5.11 Å². The fourth-order valence-electron chi connectivity index (χ4n) is 2.57. The zero-order valence-electron chi connectivity index (χ0n) is 15.0. The van der Waals surface area contributed by atoms with E-state index in [4.69, 9.17) is 18.7 Å². The first-order valence-corrected chi connectivity index (χ1v) is 7.96. The first-order valence-electron chi connectivity index (χ1n) is 7.96. The molecule has 0 radical (unpaired) electrons. The summed E-state index contributed by atoms with van der Waals surface area (Å²) in [5.41, 5.74) is 2.43. The van der Waals surface area contributed by atoms with Crippen LogP contribution in [0.2, 0.25) is 0 Å². The first kappa shape index (κ1) is 17.8. The number of benzene rings is 2. The minimum absolute atomic E-state index is 0.0786. The van der Waals surface area contributed by atoms with E-state index in [2.05, 4.69) is 10.1 Å². The summed E-state index contributed by atoms with van der Waals surface area (Å²) in [5.74, 6) is 1.79. The molecule has 1 N–H and O–H groups in total. The van der Waals surface area contributed by atoms with Crippen LogP contribution in [0.15, 0.2) is 40.9 Å². The van der Waals surface area contributed by atoms with Crippen LogP contribution in [0, 0.1) is 6.92 Å². The van der Waals surface area contributed by atoms with E-state index in [1.807, 2.05) is 31.2 Å². The Bertz CT molecular complexity index is 864. The van der Waals surface area contributed by atoms with E-state index in [1.54, 1.807) is 12.1 Å². The minimum Gasteiger partial charge on any atom is -0.493 e. The third-order valence-corrected chi connectivity index (χ3v) is 3.99. The molecule has 7 heteroatoms. The van der Waals surface area contributed by atoms with Crippen molar-refractivity contribution < 1.29 is 23.8 Å². The van der Waals surface area contributed by atoms with Crippen LogP contribution in [0.1, 0.15) is 23.1 Å². The molecule has 0 amide bonds. The molecule has 26 heavy (non-hydrogen) atoms. The predicted molar refractivity (Wildman–Crippen MR) is 94.6 cm³/mol. The molecule has 1 atom stereocenters. The largest absolute Gasteiger partial charge is 0.493 e. The zero-order chi connectivity index (χ0) is 18.7. The lowest BCUT2D eigenvalue weighted by atomic mass is 10.1. The lowest BCUT2D eigenvalue weighted by Gasteiger charge is -2.15. The molecule has 3 rings (SSSR count). The molecular weight excluding hydrogens is 336 g/mol. The Labute approximate surface area is 151 Å². The summed E-state index contributed by atoms with van der Waals surface area (Å²) in [5, 5.41) is 14.6. The van der Waals surface area contributed by atoms with Crippen molar-refractivity contribution in [2.75, 3.05) is 21.3 Å². The normalized spacial score (nSPS) is 11.9. The van der Waals surface area contributed by atoms with Crippen LogP contribution in [0.3, 0.4) is 0 Å². The summed E-state index contributed by atoms with van der Waals surface area (Å²) < 4.78 is 21.1. The highest BCUT2D eigenvalue weighted by atomic mass is 16.5. The number of methoxy groups -OCH3 is 3. The van der Waals surface area contributed by atoms with Crippen molar-refractivity contribution in [3.05, 3.63) is 53.4 Å². The van der Waals surface area contributed by atoms with Crippen LogP contribution in [0.4, 0.5) is 0 Å². The summed E-state index contributed by atoms with van der Waals surface area (Å²) in [6.07, 6.45) is -1.13. The summed E-state index contributed by atoms with van der Waals surface area (Å²) >= 11 is 0. The van der Waals surface area contributed by atoms with Gasteiger partial charge in [0.1, 0.15) is 0 Å². The molecule has 2 aromatic carbocycles. The van der Waals surface area contributed by atoms with Gasteiger partial charge in [0.2, 0.25) is 11.6 Å². The number of ether oxygens (including phenoxy) is 3. The molecule has 7 nitrogen and oxygen atoms in total. The number of hydrogen-bond acceptors (Lipinski definition) is 7. The SMILES string of the molecule is COc1cc(C(O)c2nc(-c3ccc(C)cc3)no2)cc(OC)c1OC. The summed E-state index contributed by atoms with van der Waals surface area (Å²) in [6, 6.07) is 11.0. The fourth-order valence-corrected chi connectivity index (χ4v) is 2.57. The van der Waals surface area contributed by atoms with Gasteiger partial charge in [0.15, 0.2) is 17.6 Å². The molecule has 0 bridgehead atoms. The molecule has 3 aromatic rings. The maximum Gasteiger partial charge on any atom is 0.260 e. The van der Waals surface area contributed by atoms with Gasteiger partial charge in [-0.15, -0.1) is 0 Å². The van der Waals surface area contributed by atoms with E-state index in [-0.39, 0.29) is 5.89 Å². The Morgan fingerprint density at radius 2 is 1.58 bits per heavy atom. The Morgan fingerprint density at radius 1 is 0.962 bits per heavy atom. The van der Waals surface area contributed by atoms with Crippen molar-refractivity contribution in [2.24, 2.45) is 0 Å². The van der Waals surface area contributed by atoms with Crippen molar-refractivity contribution in [1.29, 1.82) is 0 Å². The number of aromatic nitrogens is 2. The predicted octanol–water partition coefficient (Wildman–Crippen LogP) is 3.15. The van der Waals surface area contributed by atoms with Crippen LogP contribution in [-0.2, 0) is 0 Å². The molecule has 0 aliphatic heterocycles. The summed E-state index contributed by atoms with van der Waals surface area (Å²) in [7, 11) is 4.54. The number of aliphatic hydroxyl groups excluding tert-OH is 1. The molecule has 0 saturated heterocycles. The smallest absolute Gasteiger partial charge is 0.260 e. The van der Waals surface area contributed by atoms with E-state index < -0.39 is 6.10 Å². The number of aliphatic hydroxyl groups is 1. The lowest BCUT2D eigenvalue weighted by molar-refractivity contribution is 0.169. The molecule has 0 fully saturated rings. The van der Waals surface area contributed by atoms with Crippen LogP contribution in [-0.4, -0.2) is 36.6 Å². The van der Waals surface area contributed by atoms with Crippen LogP contribution in [0.25, 0.3) is 11.4 Å². The maximum atomic E-state index is 10.7. The topological polar surface area (TPSA) is 86.8 Å². The number of rotatable bonds is 6. The lowest BCUT2D eigenvalue weighted by Crippen LogP contribution is -2.03. The van der Waals surface area contributed by atoms with Crippen molar-refractivity contribution in [3.63, 3.8) is 0 Å². The number of hydrogen-bond donors (Lipinski definition) is 1. The molecule has 1 heterocycles. The molecule has 1 aromatic heterocycles. The number of aryl methyl sites for hydroxylation is 1. The summed E-state index contributed by atoms with van der Waals surface area (Å²) in [4.78, 5) is 4.30. The van der Waals surface area contributed by atoms with Crippen molar-refractivity contribution >= 4 is 0 Å². The summed E-state index contributed by atoms with van der Waals surface area (Å²) in [6.45, 7) is 2.00. The van der Waals surface area contributed by atoms with Crippen molar-refractivity contribution in [3.8, 4) is 28.6 Å². The maximum absolute atomic E-state index is 10.7. The monoisotopic (exact) mass is 356 g/mol. The van der Waals surface area contributed by atoms with Gasteiger partial charge in [-0.25, -0.2) is 0 Å². The highest BCUT2D eigenvalue weighted by Gasteiger charge is 2.23. The minimum atomic E-state index is -1.13. The van der Waals surface area contributed by atoms with Gasteiger partial charge in [0, 0.05) is 5.56 Å². The Kier molecular flexibility index (Phi) is 5.09. The van der Waals surface area contributed by atoms with Crippen LogP contribution < -0.4 is 14.2 Å². The molecule has 1 unspecified atom stereocenters. The standard InChI is InChI=1S/C19H20N2O5/c1-11-5-7-12(8-6-11)18-20-19(26-21-18)16(22)13-9-14(23-2)17(25-4)15(10-13)24-3/h5-10,16,22H,1-4H3. The first-order chi connectivity index (χ1) is 12.6. The Hall–Kier alpha value is -3.06. The van der Waals surface area contributed by atoms with Gasteiger partial charge in [0.25, 0.3) is 5.89 Å². The van der Waals surface area contributed by atoms with Gasteiger partial charge < -0.3 is 23.8 Å². The van der Waals surface area contributed by atoms with Crippen LogP contribution in [0.5, 0.6) is 17.2 Å². The molecule has 0 spiro atoms. The second-order valence-electron chi connectivity index (χ2n) is 5.68. The van der Waals surface area contributed by atoms with Gasteiger partial charge in [-0.1, -0.05) is 35.0 Å². The van der Waals surface area contributed by atoms with Gasteiger partial charge in [-0.2, -0.15) is 4.98 Å². The van der Waals surface area contributed by atoms with Gasteiger partial charge in [0.05, 0.1) is 21.3 Å². The molecule has 0 aliphatic rings. The van der Waals surface area contributed by atoms with Gasteiger partial charge in [-0.05, 0) is 24.6 Å². The highest BCUT2D eigenvalue weighted by molar-refractivity contribution is 5.56. The van der Waals surface area contributed by atoms with Gasteiger partial charge in [-0.3, -0.25) is 0 Å². The third-order valence-electron chi connectivity index (χ3n) is 3.99. The average Bonchev–Trinajstić information content (AvgIpc) is 3.16. The molecular formula is C19H20N2O5. The zero-order valence-corrected chi connectivity index (χ0v) is 15.0. The van der Waals surface area contributed by atoms with Crippen molar-refractivity contribution in [2.45, 2.75) is 13.0 Å². The third kappa shape index (κ3) is 3.34. The van der Waals surface area contributed by atoms with E-state index >= 15 is 0 Å². The van der Waals surface area contributed by atoms with Crippen LogP contribution >= 0.6 is 0 Å². The average molecular weight is 356 g/mol. The van der Waals surface area contributed by atoms with Crippen molar-refractivity contribution in [1.82, 2.24) is 10.1 Å². The van der Waals surface area contributed by atoms with E-state index in [1.165, 1.54) is 21.3 Å². The Balaban J connectivity index is 1.94. The van der Waals surface area contributed by atoms with Gasteiger partial charge >= 0.3 is 0 Å². The number of nitrogens with zero attached hydrogens (tertiary/aromatic N) is 2.